The Balaban J connectivity index is 1.99. The lowest BCUT2D eigenvalue weighted by molar-refractivity contribution is 0.108. The molecule has 0 aliphatic carbocycles. The van der Waals surface area contributed by atoms with Gasteiger partial charge in [0.1, 0.15) is 0 Å². The summed E-state index contributed by atoms with van der Waals surface area (Å²) < 4.78 is 7.19. The van der Waals surface area contributed by atoms with Gasteiger partial charge in [0.2, 0.25) is 0 Å². The molecule has 1 heterocycles. The predicted molar refractivity (Wildman–Crippen MR) is 73.8 cm³/mol. The van der Waals surface area contributed by atoms with Gasteiger partial charge in [-0.25, -0.2) is 0 Å². The van der Waals surface area contributed by atoms with E-state index in [1.54, 1.807) is 16.7 Å². The van der Waals surface area contributed by atoms with E-state index in [2.05, 4.69) is 19.2 Å². The molecule has 0 bridgehead atoms. The highest BCUT2D eigenvalue weighted by Gasteiger charge is 1.95. The minimum Gasteiger partial charge on any atom is -0.381 e. The predicted octanol–water partition coefficient (Wildman–Crippen LogP) is 1.50. The van der Waals surface area contributed by atoms with Crippen molar-refractivity contribution in [2.45, 2.75) is 26.8 Å². The quantitative estimate of drug-likeness (QED) is 0.677. The van der Waals surface area contributed by atoms with Crippen molar-refractivity contribution in [3.8, 4) is 0 Å². The summed E-state index contributed by atoms with van der Waals surface area (Å²) in [7, 11) is 0. The number of ether oxygens (including phenoxy) is 1. The summed E-state index contributed by atoms with van der Waals surface area (Å²) in [5, 5.41) is 3.31. The van der Waals surface area contributed by atoms with Gasteiger partial charge in [-0.3, -0.25) is 4.79 Å². The Labute approximate surface area is 109 Å². The maximum atomic E-state index is 11.4. The van der Waals surface area contributed by atoms with Gasteiger partial charge < -0.3 is 14.6 Å². The SMILES string of the molecule is CC(C)COCCCNCCn1ccccc1=O. The van der Waals surface area contributed by atoms with Crippen LogP contribution < -0.4 is 10.9 Å². The topological polar surface area (TPSA) is 43.3 Å². The first kappa shape index (κ1) is 14.9. The molecule has 1 aromatic rings. The molecule has 0 aromatic carbocycles. The summed E-state index contributed by atoms with van der Waals surface area (Å²) in [4.78, 5) is 11.4. The van der Waals surface area contributed by atoms with Crippen molar-refractivity contribution < 1.29 is 4.74 Å². The average Bonchev–Trinajstić information content (AvgIpc) is 2.34. The van der Waals surface area contributed by atoms with Crippen LogP contribution in [-0.2, 0) is 11.3 Å². The highest BCUT2D eigenvalue weighted by Crippen LogP contribution is 1.92. The van der Waals surface area contributed by atoms with Crippen LogP contribution in [0.3, 0.4) is 0 Å². The fraction of sp³-hybridized carbons (Fsp3) is 0.643. The van der Waals surface area contributed by atoms with E-state index >= 15 is 0 Å². The monoisotopic (exact) mass is 252 g/mol. The maximum absolute atomic E-state index is 11.4. The standard InChI is InChI=1S/C14H24N2O2/c1-13(2)12-18-11-5-7-15-8-10-16-9-4-3-6-14(16)17/h3-4,6,9,13,15H,5,7-8,10-12H2,1-2H3. The fourth-order valence-electron chi connectivity index (χ4n) is 1.59. The lowest BCUT2D eigenvalue weighted by Gasteiger charge is -2.08. The van der Waals surface area contributed by atoms with Crippen molar-refractivity contribution in [3.05, 3.63) is 34.7 Å². The molecule has 1 rings (SSSR count). The first-order chi connectivity index (χ1) is 8.70. The molecule has 0 saturated heterocycles. The molecule has 18 heavy (non-hydrogen) atoms. The molecular formula is C14H24N2O2. The molecule has 0 saturated carbocycles. The minimum absolute atomic E-state index is 0.0552. The molecular weight excluding hydrogens is 228 g/mol. The molecule has 0 fully saturated rings. The summed E-state index contributed by atoms with van der Waals surface area (Å²) in [5.74, 6) is 0.600. The molecule has 0 unspecified atom stereocenters. The lowest BCUT2D eigenvalue weighted by Crippen LogP contribution is -2.27. The molecule has 0 radical (unpaired) electrons. The third kappa shape index (κ3) is 6.57. The van der Waals surface area contributed by atoms with Gasteiger partial charge in [0.15, 0.2) is 0 Å². The minimum atomic E-state index is 0.0552. The molecule has 4 heteroatoms. The van der Waals surface area contributed by atoms with Crippen LogP contribution in [-0.4, -0.2) is 30.9 Å². The van der Waals surface area contributed by atoms with Crippen molar-refractivity contribution in [1.82, 2.24) is 9.88 Å². The molecule has 0 atom stereocenters. The Morgan fingerprint density at radius 3 is 2.89 bits per heavy atom. The number of rotatable bonds is 9. The molecule has 0 aliphatic heterocycles. The van der Waals surface area contributed by atoms with Gasteiger partial charge in [-0.15, -0.1) is 0 Å². The van der Waals surface area contributed by atoms with Crippen LogP contribution in [0.2, 0.25) is 0 Å². The van der Waals surface area contributed by atoms with Gasteiger partial charge >= 0.3 is 0 Å². The third-order valence-electron chi connectivity index (χ3n) is 2.52. The van der Waals surface area contributed by atoms with E-state index in [1.807, 2.05) is 12.3 Å². The second-order valence-electron chi connectivity index (χ2n) is 4.80. The van der Waals surface area contributed by atoms with Crippen molar-refractivity contribution in [2.24, 2.45) is 5.92 Å². The number of hydrogen-bond donors (Lipinski definition) is 1. The van der Waals surface area contributed by atoms with Crippen molar-refractivity contribution in [2.75, 3.05) is 26.3 Å². The van der Waals surface area contributed by atoms with Crippen LogP contribution in [0.4, 0.5) is 0 Å². The van der Waals surface area contributed by atoms with E-state index < -0.39 is 0 Å². The van der Waals surface area contributed by atoms with Crippen molar-refractivity contribution in [3.63, 3.8) is 0 Å². The van der Waals surface area contributed by atoms with Gasteiger partial charge in [0, 0.05) is 38.6 Å². The van der Waals surface area contributed by atoms with E-state index in [1.165, 1.54) is 0 Å². The van der Waals surface area contributed by atoms with E-state index in [9.17, 15) is 4.79 Å². The second-order valence-corrected chi connectivity index (χ2v) is 4.80. The molecule has 0 amide bonds. The van der Waals surface area contributed by atoms with E-state index in [4.69, 9.17) is 4.74 Å². The van der Waals surface area contributed by atoms with Gasteiger partial charge in [-0.05, 0) is 24.9 Å². The zero-order valence-corrected chi connectivity index (χ0v) is 11.4. The summed E-state index contributed by atoms with van der Waals surface area (Å²) in [5.41, 5.74) is 0.0552. The zero-order chi connectivity index (χ0) is 13.2. The molecule has 1 N–H and O–H groups in total. The van der Waals surface area contributed by atoms with Gasteiger partial charge in [0.25, 0.3) is 5.56 Å². The molecule has 4 nitrogen and oxygen atoms in total. The summed E-state index contributed by atoms with van der Waals surface area (Å²) in [6.45, 7) is 8.39. The Morgan fingerprint density at radius 1 is 1.33 bits per heavy atom. The van der Waals surface area contributed by atoms with Crippen molar-refractivity contribution >= 4 is 0 Å². The summed E-state index contributed by atoms with van der Waals surface area (Å²) in [6, 6.07) is 5.22. The van der Waals surface area contributed by atoms with E-state index in [0.717, 1.165) is 32.7 Å². The van der Waals surface area contributed by atoms with Crippen LogP contribution in [0.1, 0.15) is 20.3 Å². The lowest BCUT2D eigenvalue weighted by atomic mass is 10.2. The first-order valence-corrected chi connectivity index (χ1v) is 6.64. The zero-order valence-electron chi connectivity index (χ0n) is 11.4. The van der Waals surface area contributed by atoms with Gasteiger partial charge in [0.05, 0.1) is 0 Å². The van der Waals surface area contributed by atoms with Crippen LogP contribution >= 0.6 is 0 Å². The molecule has 102 valence electrons. The average molecular weight is 252 g/mol. The number of nitrogens with zero attached hydrogens (tertiary/aromatic N) is 1. The molecule has 0 aliphatic rings. The van der Waals surface area contributed by atoms with Crippen LogP contribution in [0.5, 0.6) is 0 Å². The first-order valence-electron chi connectivity index (χ1n) is 6.64. The number of aromatic nitrogens is 1. The summed E-state index contributed by atoms with van der Waals surface area (Å²) in [6.07, 6.45) is 2.83. The Bertz CT molecular complexity index is 374. The number of nitrogens with one attached hydrogen (secondary N) is 1. The fourth-order valence-corrected chi connectivity index (χ4v) is 1.59. The highest BCUT2D eigenvalue weighted by molar-refractivity contribution is 4.93. The molecule has 1 aromatic heterocycles. The third-order valence-corrected chi connectivity index (χ3v) is 2.52. The number of pyridine rings is 1. The van der Waals surface area contributed by atoms with Crippen LogP contribution in [0, 0.1) is 5.92 Å². The van der Waals surface area contributed by atoms with E-state index in [0.29, 0.717) is 12.5 Å². The van der Waals surface area contributed by atoms with Gasteiger partial charge in [-0.1, -0.05) is 19.9 Å². The largest absolute Gasteiger partial charge is 0.381 e. The van der Waals surface area contributed by atoms with Crippen LogP contribution in [0.25, 0.3) is 0 Å². The smallest absolute Gasteiger partial charge is 0.250 e. The Hall–Kier alpha value is -1.13. The van der Waals surface area contributed by atoms with Gasteiger partial charge in [-0.2, -0.15) is 0 Å². The Morgan fingerprint density at radius 2 is 2.17 bits per heavy atom. The summed E-state index contributed by atoms with van der Waals surface area (Å²) >= 11 is 0. The Kier molecular flexibility index (Phi) is 7.37. The normalized spacial score (nSPS) is 11.1. The van der Waals surface area contributed by atoms with Crippen LogP contribution in [0.15, 0.2) is 29.2 Å². The molecule has 0 spiro atoms. The highest BCUT2D eigenvalue weighted by atomic mass is 16.5. The second kappa shape index (κ2) is 8.89. The number of hydrogen-bond acceptors (Lipinski definition) is 3. The van der Waals surface area contributed by atoms with Crippen molar-refractivity contribution in [1.29, 1.82) is 0 Å². The maximum Gasteiger partial charge on any atom is 0.250 e. The van der Waals surface area contributed by atoms with E-state index in [-0.39, 0.29) is 5.56 Å².